The van der Waals surface area contributed by atoms with Crippen LogP contribution in [0.5, 0.6) is 0 Å². The zero-order chi connectivity index (χ0) is 25.4. The van der Waals surface area contributed by atoms with E-state index in [1.54, 1.807) is 6.20 Å². The van der Waals surface area contributed by atoms with Crippen LogP contribution in [0.2, 0.25) is 5.02 Å². The summed E-state index contributed by atoms with van der Waals surface area (Å²) in [6.45, 7) is 1.40. The van der Waals surface area contributed by atoms with E-state index in [-0.39, 0.29) is 0 Å². The van der Waals surface area contributed by atoms with Crippen molar-refractivity contribution >= 4 is 23.4 Å². The van der Waals surface area contributed by atoms with E-state index >= 15 is 0 Å². The fraction of sp³-hybridized carbons (Fsp3) is 0.621. The Morgan fingerprint density at radius 1 is 1.05 bits per heavy atom. The number of benzene rings is 1. The van der Waals surface area contributed by atoms with E-state index in [2.05, 4.69) is 32.0 Å². The molecule has 1 unspecified atom stereocenters. The third-order valence-corrected chi connectivity index (χ3v) is 9.90. The molecule has 7 rings (SSSR count). The van der Waals surface area contributed by atoms with Gasteiger partial charge in [-0.05, 0) is 92.6 Å². The summed E-state index contributed by atoms with van der Waals surface area (Å²) in [5, 5.41) is 21.4. The van der Waals surface area contributed by atoms with Gasteiger partial charge in [0, 0.05) is 36.2 Å². The third-order valence-electron chi connectivity index (χ3n) is 9.53. The highest BCUT2D eigenvalue weighted by molar-refractivity contribution is 6.31. The largest absolute Gasteiger partial charge is 0.368 e. The van der Waals surface area contributed by atoms with Gasteiger partial charge in [-0.2, -0.15) is 10.2 Å². The first-order valence-electron chi connectivity index (χ1n) is 14.0. The van der Waals surface area contributed by atoms with Crippen molar-refractivity contribution < 1.29 is 0 Å². The van der Waals surface area contributed by atoms with Gasteiger partial charge in [0.25, 0.3) is 0 Å². The van der Waals surface area contributed by atoms with Crippen molar-refractivity contribution in [1.29, 1.82) is 5.26 Å². The first kappa shape index (κ1) is 24.9. The Morgan fingerprint density at radius 2 is 1.81 bits per heavy atom. The number of halogens is 1. The maximum Gasteiger partial charge on any atom is 0.224 e. The predicted molar refractivity (Wildman–Crippen MR) is 147 cm³/mol. The maximum atomic E-state index is 9.70. The van der Waals surface area contributed by atoms with Gasteiger partial charge in [-0.15, -0.1) is 0 Å². The van der Waals surface area contributed by atoms with Gasteiger partial charge in [0.05, 0.1) is 6.20 Å². The summed E-state index contributed by atoms with van der Waals surface area (Å²) in [5.41, 5.74) is 7.92. The molecular weight excluding hydrogens is 482 g/mol. The van der Waals surface area contributed by atoms with Gasteiger partial charge in [-0.1, -0.05) is 29.8 Å². The number of nitrogens with two attached hydrogens (primary N) is 1. The van der Waals surface area contributed by atoms with Gasteiger partial charge in [0.15, 0.2) is 0 Å². The van der Waals surface area contributed by atoms with Crippen molar-refractivity contribution in [2.75, 3.05) is 17.2 Å². The van der Waals surface area contributed by atoms with Crippen LogP contribution in [0, 0.1) is 34.5 Å². The highest BCUT2D eigenvalue weighted by Crippen LogP contribution is 2.60. The number of aromatic nitrogens is 2. The van der Waals surface area contributed by atoms with E-state index in [0.717, 1.165) is 42.7 Å². The minimum atomic E-state index is 0.298. The van der Waals surface area contributed by atoms with Crippen LogP contribution in [0.4, 0.5) is 11.8 Å². The van der Waals surface area contributed by atoms with Gasteiger partial charge >= 0.3 is 0 Å². The van der Waals surface area contributed by atoms with Crippen LogP contribution in [-0.2, 0) is 6.54 Å². The second kappa shape index (κ2) is 10.4. The number of hydrogen-bond donors (Lipinski definition) is 4. The Morgan fingerprint density at radius 3 is 2.54 bits per heavy atom. The molecule has 0 amide bonds. The van der Waals surface area contributed by atoms with Crippen LogP contribution in [-0.4, -0.2) is 34.6 Å². The molecular formula is C29H38ClN7. The zero-order valence-electron chi connectivity index (χ0n) is 21.4. The number of rotatable bonds is 8. The van der Waals surface area contributed by atoms with Gasteiger partial charge in [-0.3, -0.25) is 0 Å². The standard InChI is InChI=1S/C29H38ClN7/c30-25-4-2-1-3-19(25)15-33-28-34-16-22(14-31)27(37-28)35-17-29-11-18-9-20(12-29)26(21(10-18)13-29)36-24-7-5-23(32)6-8-24/h1-4,16,18,20-21,23-24,26,36H,5-13,15,17,32H2,(H2,33,34,35,37)/t18?,20-,21+,23-,24-,26-,29-. The summed E-state index contributed by atoms with van der Waals surface area (Å²) < 4.78 is 0. The molecule has 5 fully saturated rings. The van der Waals surface area contributed by atoms with Crippen molar-refractivity contribution in [3.8, 4) is 6.07 Å². The summed E-state index contributed by atoms with van der Waals surface area (Å²) >= 11 is 6.29. The summed E-state index contributed by atoms with van der Waals surface area (Å²) in [6.07, 6.45) is 12.9. The number of nitrogens with zero attached hydrogens (tertiary/aromatic N) is 3. The number of nitrogens with one attached hydrogen (secondary N) is 3. The van der Waals surface area contributed by atoms with E-state index in [1.807, 2.05) is 24.3 Å². The molecule has 1 aromatic carbocycles. The molecule has 5 aliphatic carbocycles. The molecule has 5 N–H and O–H groups in total. The van der Waals surface area contributed by atoms with Gasteiger partial charge < -0.3 is 21.7 Å². The lowest BCUT2D eigenvalue weighted by molar-refractivity contribution is -0.0729. The Hall–Kier alpha value is -2.40. The Bertz CT molecular complexity index is 1140. The molecule has 5 aliphatic rings. The molecule has 0 radical (unpaired) electrons. The predicted octanol–water partition coefficient (Wildman–Crippen LogP) is 5.08. The highest BCUT2D eigenvalue weighted by Gasteiger charge is 2.55. The van der Waals surface area contributed by atoms with Crippen LogP contribution >= 0.6 is 11.6 Å². The lowest BCUT2D eigenvalue weighted by Crippen LogP contribution is -2.61. The molecule has 0 spiro atoms. The quantitative estimate of drug-likeness (QED) is 0.384. The lowest BCUT2D eigenvalue weighted by Gasteiger charge is -2.61. The molecule has 1 aromatic heterocycles. The van der Waals surface area contributed by atoms with E-state index in [9.17, 15) is 5.26 Å². The van der Waals surface area contributed by atoms with Gasteiger partial charge in [0.1, 0.15) is 17.5 Å². The summed E-state index contributed by atoms with van der Waals surface area (Å²) in [7, 11) is 0. The Balaban J connectivity index is 1.11. The van der Waals surface area contributed by atoms with Gasteiger partial charge in [0.2, 0.25) is 5.95 Å². The SMILES string of the molecule is N#Cc1cnc(NCc2ccccc2Cl)nc1NC[C@]12CC3C[C@H](C1)[C@@H](N[C@H]1CC[C@H](N)CC1)[C@@H](C3)C2. The molecule has 5 saturated carbocycles. The fourth-order valence-electron chi connectivity index (χ4n) is 8.01. The molecule has 8 heteroatoms. The van der Waals surface area contributed by atoms with E-state index in [0.29, 0.717) is 52.4 Å². The van der Waals surface area contributed by atoms with E-state index in [1.165, 1.54) is 44.9 Å². The van der Waals surface area contributed by atoms with Crippen molar-refractivity contribution in [1.82, 2.24) is 15.3 Å². The molecule has 5 atom stereocenters. The monoisotopic (exact) mass is 519 g/mol. The van der Waals surface area contributed by atoms with E-state index in [4.69, 9.17) is 17.3 Å². The topological polar surface area (TPSA) is 112 Å². The van der Waals surface area contributed by atoms with Crippen LogP contribution in [0.3, 0.4) is 0 Å². The lowest BCUT2D eigenvalue weighted by atomic mass is 9.47. The van der Waals surface area contributed by atoms with Crippen molar-refractivity contribution in [2.45, 2.75) is 82.5 Å². The summed E-state index contributed by atoms with van der Waals surface area (Å²) in [6, 6.07) is 11.7. The van der Waals surface area contributed by atoms with Gasteiger partial charge in [-0.25, -0.2) is 4.98 Å². The zero-order valence-corrected chi connectivity index (χ0v) is 22.2. The van der Waals surface area contributed by atoms with Crippen LogP contribution in [0.25, 0.3) is 0 Å². The number of hydrogen-bond acceptors (Lipinski definition) is 7. The molecule has 196 valence electrons. The second-order valence-corrected chi connectivity index (χ2v) is 12.5. The Labute approximate surface area is 225 Å². The fourth-order valence-corrected chi connectivity index (χ4v) is 8.21. The molecule has 1 heterocycles. The van der Waals surface area contributed by atoms with Crippen molar-refractivity contribution in [2.24, 2.45) is 28.9 Å². The smallest absolute Gasteiger partial charge is 0.224 e. The van der Waals surface area contributed by atoms with Crippen LogP contribution < -0.4 is 21.7 Å². The molecule has 7 nitrogen and oxygen atoms in total. The average molecular weight is 520 g/mol. The Kier molecular flexibility index (Phi) is 7.00. The van der Waals surface area contributed by atoms with Crippen LogP contribution in [0.15, 0.2) is 30.5 Å². The summed E-state index contributed by atoms with van der Waals surface area (Å²) in [5.74, 6) is 3.49. The highest BCUT2D eigenvalue weighted by atomic mass is 35.5. The molecule has 37 heavy (non-hydrogen) atoms. The van der Waals surface area contributed by atoms with E-state index < -0.39 is 0 Å². The normalized spacial score (nSPS) is 34.2. The first-order chi connectivity index (χ1) is 18.0. The maximum absolute atomic E-state index is 9.70. The number of nitriles is 1. The first-order valence-corrected chi connectivity index (χ1v) is 14.4. The minimum absolute atomic E-state index is 0.298. The number of anilines is 2. The second-order valence-electron chi connectivity index (χ2n) is 12.1. The molecule has 2 aromatic rings. The van der Waals surface area contributed by atoms with Crippen molar-refractivity contribution in [3.63, 3.8) is 0 Å². The van der Waals surface area contributed by atoms with Crippen molar-refractivity contribution in [3.05, 3.63) is 46.6 Å². The average Bonchev–Trinajstić information content (AvgIpc) is 2.90. The molecule has 0 aliphatic heterocycles. The molecule has 0 saturated heterocycles. The molecule has 4 bridgehead atoms. The van der Waals surface area contributed by atoms with Crippen LogP contribution in [0.1, 0.15) is 68.9 Å². The third kappa shape index (κ3) is 5.30. The minimum Gasteiger partial charge on any atom is -0.368 e. The summed E-state index contributed by atoms with van der Waals surface area (Å²) in [4.78, 5) is 9.04.